The zero-order valence-electron chi connectivity index (χ0n) is 12.3. The molecule has 0 fully saturated rings. The molecule has 0 saturated carbocycles. The highest BCUT2D eigenvalue weighted by atomic mass is 32.1. The molecule has 2 N–H and O–H groups in total. The maximum atomic E-state index is 5.63. The molecular weight excluding hydrogens is 268 g/mol. The topological polar surface area (TPSA) is 47.1 Å². The first-order chi connectivity index (χ1) is 9.52. The molecule has 0 radical (unpaired) electrons. The average Bonchev–Trinajstić information content (AvgIpc) is 2.76. The van der Waals surface area contributed by atoms with Crippen LogP contribution in [0.5, 0.6) is 0 Å². The summed E-state index contributed by atoms with van der Waals surface area (Å²) >= 11 is 4.99. The Labute approximate surface area is 125 Å². The molecule has 20 heavy (non-hydrogen) atoms. The van der Waals surface area contributed by atoms with Crippen molar-refractivity contribution >= 4 is 28.1 Å². The van der Waals surface area contributed by atoms with E-state index >= 15 is 0 Å². The third-order valence-corrected chi connectivity index (χ3v) is 3.85. The van der Waals surface area contributed by atoms with E-state index in [0.29, 0.717) is 11.0 Å². The lowest BCUT2D eigenvalue weighted by molar-refractivity contribution is 0.252. The summed E-state index contributed by atoms with van der Waals surface area (Å²) in [4.78, 5) is 2.81. The molecule has 1 aromatic carbocycles. The van der Waals surface area contributed by atoms with Crippen LogP contribution in [0.4, 0.5) is 0 Å². The molecule has 1 unspecified atom stereocenters. The number of aryl methyl sites for hydroxylation is 1. The highest BCUT2D eigenvalue weighted by molar-refractivity contribution is 7.80. The van der Waals surface area contributed by atoms with Crippen LogP contribution in [0.15, 0.2) is 24.3 Å². The van der Waals surface area contributed by atoms with Crippen LogP contribution in [0, 0.1) is 0 Å². The number of thiocarbonyl (C=S) groups is 1. The number of fused-ring (bicyclic) bond motifs is 1. The summed E-state index contributed by atoms with van der Waals surface area (Å²) in [5.74, 6) is 0. The Bertz CT molecular complexity index is 605. The number of hydrogen-bond acceptors (Lipinski definition) is 3. The average molecular weight is 290 g/mol. The van der Waals surface area contributed by atoms with E-state index in [-0.39, 0.29) is 0 Å². The first-order valence-corrected chi connectivity index (χ1v) is 7.36. The van der Waals surface area contributed by atoms with Gasteiger partial charge < -0.3 is 5.73 Å². The molecule has 2 rings (SSSR count). The van der Waals surface area contributed by atoms with Crippen LogP contribution in [-0.4, -0.2) is 32.8 Å². The van der Waals surface area contributed by atoms with Crippen LogP contribution in [0.1, 0.15) is 26.0 Å². The summed E-state index contributed by atoms with van der Waals surface area (Å²) < 4.78 is 2.05. The second kappa shape index (κ2) is 6.33. The van der Waals surface area contributed by atoms with Crippen molar-refractivity contribution in [3.63, 3.8) is 0 Å². The molecule has 1 atom stereocenters. The quantitative estimate of drug-likeness (QED) is 0.831. The number of benzene rings is 1. The van der Waals surface area contributed by atoms with Crippen LogP contribution in [0.3, 0.4) is 0 Å². The van der Waals surface area contributed by atoms with Crippen molar-refractivity contribution in [2.24, 2.45) is 5.73 Å². The van der Waals surface area contributed by atoms with Crippen LogP contribution in [-0.2, 0) is 13.1 Å². The van der Waals surface area contributed by atoms with Gasteiger partial charge in [0.2, 0.25) is 0 Å². The minimum Gasteiger partial charge on any atom is -0.393 e. The Morgan fingerprint density at radius 3 is 2.80 bits per heavy atom. The molecule has 0 amide bonds. The van der Waals surface area contributed by atoms with Crippen LogP contribution < -0.4 is 5.73 Å². The predicted molar refractivity (Wildman–Crippen MR) is 87.7 cm³/mol. The SMILES string of the molecule is CCn1nc(CN(C)C(C)CC(N)=S)c2ccccc21. The second-order valence-corrected chi connectivity index (χ2v) is 5.74. The molecule has 0 spiro atoms. The summed E-state index contributed by atoms with van der Waals surface area (Å²) in [7, 11) is 2.09. The maximum Gasteiger partial charge on any atom is 0.0843 e. The zero-order chi connectivity index (χ0) is 14.7. The number of nitrogens with zero attached hydrogens (tertiary/aromatic N) is 3. The van der Waals surface area contributed by atoms with Crippen molar-refractivity contribution in [2.75, 3.05) is 7.05 Å². The highest BCUT2D eigenvalue weighted by Crippen LogP contribution is 2.20. The third-order valence-electron chi connectivity index (χ3n) is 3.68. The number of para-hydroxylation sites is 1. The fraction of sp³-hybridized carbons (Fsp3) is 0.467. The number of rotatable bonds is 6. The van der Waals surface area contributed by atoms with Gasteiger partial charge in [0.1, 0.15) is 0 Å². The summed E-state index contributed by atoms with van der Waals surface area (Å²) in [5, 5.41) is 5.95. The molecular formula is C15H22N4S. The lowest BCUT2D eigenvalue weighted by atomic mass is 10.1. The molecule has 4 nitrogen and oxygen atoms in total. The van der Waals surface area contributed by atoms with Gasteiger partial charge in [-0.05, 0) is 27.0 Å². The van der Waals surface area contributed by atoms with Crippen molar-refractivity contribution < 1.29 is 0 Å². The molecule has 0 saturated heterocycles. The van der Waals surface area contributed by atoms with Crippen LogP contribution in [0.2, 0.25) is 0 Å². The van der Waals surface area contributed by atoms with Gasteiger partial charge in [-0.1, -0.05) is 30.4 Å². The Morgan fingerprint density at radius 1 is 1.45 bits per heavy atom. The lowest BCUT2D eigenvalue weighted by Crippen LogP contribution is -2.32. The summed E-state index contributed by atoms with van der Waals surface area (Å²) in [5.41, 5.74) is 7.93. The molecule has 1 heterocycles. The molecule has 0 aliphatic rings. The summed E-state index contributed by atoms with van der Waals surface area (Å²) in [6.07, 6.45) is 0.734. The standard InChI is InChI=1S/C15H22N4S/c1-4-19-14-8-6-5-7-12(14)13(17-19)10-18(3)11(2)9-15(16)20/h5-8,11H,4,9-10H2,1-3H3,(H2,16,20). The van der Waals surface area contributed by atoms with Gasteiger partial charge in [0.15, 0.2) is 0 Å². The van der Waals surface area contributed by atoms with E-state index in [1.165, 1.54) is 10.9 Å². The summed E-state index contributed by atoms with van der Waals surface area (Å²) in [6.45, 7) is 5.94. The number of aromatic nitrogens is 2. The van der Waals surface area contributed by atoms with Gasteiger partial charge >= 0.3 is 0 Å². The highest BCUT2D eigenvalue weighted by Gasteiger charge is 2.15. The van der Waals surface area contributed by atoms with E-state index in [4.69, 9.17) is 23.1 Å². The smallest absolute Gasteiger partial charge is 0.0843 e. The molecule has 108 valence electrons. The van der Waals surface area contributed by atoms with E-state index in [1.54, 1.807) is 0 Å². The van der Waals surface area contributed by atoms with Gasteiger partial charge in [-0.25, -0.2) is 0 Å². The monoisotopic (exact) mass is 290 g/mol. The van der Waals surface area contributed by atoms with Crippen molar-refractivity contribution in [1.29, 1.82) is 0 Å². The largest absolute Gasteiger partial charge is 0.393 e. The Kier molecular flexibility index (Phi) is 4.73. The second-order valence-electron chi connectivity index (χ2n) is 5.21. The minimum atomic E-state index is 0.318. The first kappa shape index (κ1) is 14.9. The Balaban J connectivity index is 2.23. The fourth-order valence-electron chi connectivity index (χ4n) is 2.39. The third kappa shape index (κ3) is 3.16. The van der Waals surface area contributed by atoms with E-state index in [9.17, 15) is 0 Å². The van der Waals surface area contributed by atoms with Gasteiger partial charge in [-0.15, -0.1) is 0 Å². The Hall–Kier alpha value is -1.46. The predicted octanol–water partition coefficient (Wildman–Crippen LogP) is 2.55. The van der Waals surface area contributed by atoms with Gasteiger partial charge in [0, 0.05) is 30.9 Å². The van der Waals surface area contributed by atoms with Crippen molar-refractivity contribution in [3.8, 4) is 0 Å². The first-order valence-electron chi connectivity index (χ1n) is 6.96. The maximum absolute atomic E-state index is 5.63. The molecule has 1 aromatic heterocycles. The van der Waals surface area contributed by atoms with Gasteiger partial charge in [-0.3, -0.25) is 9.58 Å². The van der Waals surface area contributed by atoms with E-state index < -0.39 is 0 Å². The van der Waals surface area contributed by atoms with Crippen molar-refractivity contribution in [3.05, 3.63) is 30.0 Å². The fourth-order valence-corrected chi connectivity index (χ4v) is 2.63. The normalized spacial score (nSPS) is 13.0. The van der Waals surface area contributed by atoms with Gasteiger partial charge in [-0.2, -0.15) is 5.10 Å². The molecule has 0 aliphatic carbocycles. The number of nitrogens with two attached hydrogens (primary N) is 1. The van der Waals surface area contributed by atoms with Crippen LogP contribution >= 0.6 is 12.2 Å². The van der Waals surface area contributed by atoms with E-state index in [0.717, 1.165) is 25.2 Å². The Morgan fingerprint density at radius 2 is 2.15 bits per heavy atom. The molecule has 5 heteroatoms. The number of hydrogen-bond donors (Lipinski definition) is 1. The van der Waals surface area contributed by atoms with Gasteiger partial charge in [0.25, 0.3) is 0 Å². The zero-order valence-corrected chi connectivity index (χ0v) is 13.2. The van der Waals surface area contributed by atoms with Crippen molar-refractivity contribution in [1.82, 2.24) is 14.7 Å². The summed E-state index contributed by atoms with van der Waals surface area (Å²) in [6, 6.07) is 8.69. The minimum absolute atomic E-state index is 0.318. The van der Waals surface area contributed by atoms with E-state index in [1.807, 2.05) is 0 Å². The molecule has 2 aromatic rings. The van der Waals surface area contributed by atoms with Gasteiger partial charge in [0.05, 0.1) is 16.2 Å². The lowest BCUT2D eigenvalue weighted by Gasteiger charge is -2.23. The molecule has 0 aliphatic heterocycles. The van der Waals surface area contributed by atoms with E-state index in [2.05, 4.69) is 54.7 Å². The molecule has 0 bridgehead atoms. The van der Waals surface area contributed by atoms with Crippen LogP contribution in [0.25, 0.3) is 10.9 Å². The van der Waals surface area contributed by atoms with Crippen molar-refractivity contribution in [2.45, 2.75) is 39.4 Å².